The Morgan fingerprint density at radius 2 is 2.03 bits per heavy atom. The number of carbonyl (C=O) groups excluding carboxylic acids is 1. The number of rotatable bonds is 4. The molecule has 0 saturated carbocycles. The predicted octanol–water partition coefficient (Wildman–Crippen LogP) is 2.46. The fourth-order valence-electron chi connectivity index (χ4n) is 3.95. The molecule has 1 atom stereocenters. The summed E-state index contributed by atoms with van der Waals surface area (Å²) in [5.41, 5.74) is 2.22. The van der Waals surface area contributed by atoms with E-state index in [0.29, 0.717) is 24.6 Å². The summed E-state index contributed by atoms with van der Waals surface area (Å²) in [4.78, 5) is 37.5. The lowest BCUT2D eigenvalue weighted by Gasteiger charge is -2.33. The van der Waals surface area contributed by atoms with E-state index in [4.69, 9.17) is 4.98 Å². The molecule has 1 amide bonds. The number of carbonyl (C=O) groups is 1. The first-order chi connectivity index (χ1) is 15.3. The molecule has 0 aliphatic carbocycles. The van der Waals surface area contributed by atoms with Gasteiger partial charge in [0.2, 0.25) is 5.95 Å². The summed E-state index contributed by atoms with van der Waals surface area (Å²) in [6.45, 7) is 1.05. The van der Waals surface area contributed by atoms with Crippen LogP contribution in [-0.2, 0) is 7.05 Å². The van der Waals surface area contributed by atoms with Crippen LogP contribution in [0, 0.1) is 5.82 Å². The van der Waals surface area contributed by atoms with Crippen LogP contribution in [0.3, 0.4) is 0 Å². The zero-order valence-electron chi connectivity index (χ0n) is 18.3. The number of benzene rings is 1. The zero-order chi connectivity index (χ0) is 22.8. The van der Waals surface area contributed by atoms with Gasteiger partial charge >= 0.3 is 0 Å². The number of amides is 1. The standard InChI is InChI=1S/C23H25FN6O2/c1-28(2)23-25-13-18(15-6-4-8-17(24)12-15)21(26-23)16-7-5-11-30(14-16)22(32)19-9-10-20(31)29(3)27-19/h4,6,8-10,12-13,16H,5,7,11,14H2,1-3H3. The molecule has 1 unspecified atom stereocenters. The highest BCUT2D eigenvalue weighted by molar-refractivity contribution is 5.92. The van der Waals surface area contributed by atoms with Crippen molar-refractivity contribution in [3.8, 4) is 11.1 Å². The number of piperidine rings is 1. The Morgan fingerprint density at radius 3 is 2.75 bits per heavy atom. The van der Waals surface area contributed by atoms with Crippen LogP contribution in [0.2, 0.25) is 0 Å². The summed E-state index contributed by atoms with van der Waals surface area (Å²) in [7, 11) is 5.25. The average Bonchev–Trinajstić information content (AvgIpc) is 2.80. The molecule has 0 bridgehead atoms. The third-order valence-electron chi connectivity index (χ3n) is 5.62. The van der Waals surface area contributed by atoms with Crippen molar-refractivity contribution in [3.05, 3.63) is 70.2 Å². The second-order valence-electron chi connectivity index (χ2n) is 8.14. The number of hydrogen-bond donors (Lipinski definition) is 0. The van der Waals surface area contributed by atoms with Crippen LogP contribution in [0.15, 0.2) is 47.4 Å². The molecule has 3 aromatic rings. The maximum atomic E-state index is 13.9. The van der Waals surface area contributed by atoms with Gasteiger partial charge in [-0.15, -0.1) is 0 Å². The van der Waals surface area contributed by atoms with E-state index < -0.39 is 0 Å². The van der Waals surface area contributed by atoms with Crippen molar-refractivity contribution in [2.75, 3.05) is 32.1 Å². The van der Waals surface area contributed by atoms with Gasteiger partial charge in [-0.3, -0.25) is 9.59 Å². The molecule has 1 aliphatic heterocycles. The van der Waals surface area contributed by atoms with Crippen molar-refractivity contribution in [1.82, 2.24) is 24.6 Å². The predicted molar refractivity (Wildman–Crippen MR) is 119 cm³/mol. The molecule has 166 valence electrons. The maximum Gasteiger partial charge on any atom is 0.274 e. The molecule has 1 aliphatic rings. The second kappa shape index (κ2) is 8.86. The molecular formula is C23H25FN6O2. The first kappa shape index (κ1) is 21.6. The van der Waals surface area contributed by atoms with E-state index in [0.717, 1.165) is 28.8 Å². The molecular weight excluding hydrogens is 411 g/mol. The van der Waals surface area contributed by atoms with E-state index in [2.05, 4.69) is 10.1 Å². The molecule has 0 N–H and O–H groups in total. The molecule has 1 saturated heterocycles. The lowest BCUT2D eigenvalue weighted by atomic mass is 9.89. The van der Waals surface area contributed by atoms with Gasteiger partial charge in [-0.2, -0.15) is 5.10 Å². The molecule has 2 aromatic heterocycles. The summed E-state index contributed by atoms with van der Waals surface area (Å²) in [5, 5.41) is 4.10. The van der Waals surface area contributed by atoms with Gasteiger partial charge in [0.1, 0.15) is 11.5 Å². The summed E-state index contributed by atoms with van der Waals surface area (Å²) in [6.07, 6.45) is 3.37. The largest absolute Gasteiger partial charge is 0.347 e. The van der Waals surface area contributed by atoms with Crippen molar-refractivity contribution >= 4 is 11.9 Å². The number of hydrogen-bond acceptors (Lipinski definition) is 6. The van der Waals surface area contributed by atoms with Gasteiger partial charge < -0.3 is 9.80 Å². The van der Waals surface area contributed by atoms with Crippen LogP contribution in [0.5, 0.6) is 0 Å². The summed E-state index contributed by atoms with van der Waals surface area (Å²) >= 11 is 0. The fraction of sp³-hybridized carbons (Fsp3) is 0.348. The summed E-state index contributed by atoms with van der Waals surface area (Å²) in [6, 6.07) is 9.17. The van der Waals surface area contributed by atoms with Gasteiger partial charge in [0.05, 0.1) is 5.69 Å². The Bertz CT molecular complexity index is 1210. The fourth-order valence-corrected chi connectivity index (χ4v) is 3.95. The van der Waals surface area contributed by atoms with Gasteiger partial charge in [0.15, 0.2) is 0 Å². The van der Waals surface area contributed by atoms with E-state index in [-0.39, 0.29) is 28.9 Å². The van der Waals surface area contributed by atoms with Gasteiger partial charge in [-0.1, -0.05) is 12.1 Å². The molecule has 4 rings (SSSR count). The molecule has 1 fully saturated rings. The number of aryl methyl sites for hydroxylation is 1. The first-order valence-corrected chi connectivity index (χ1v) is 10.5. The van der Waals surface area contributed by atoms with Gasteiger partial charge in [-0.25, -0.2) is 19.0 Å². The SMILES string of the molecule is CN(C)c1ncc(-c2cccc(F)c2)c(C2CCCN(C(=O)c3ccc(=O)n(C)n3)C2)n1. The van der Waals surface area contributed by atoms with Crippen molar-refractivity contribution in [1.29, 1.82) is 0 Å². The first-order valence-electron chi connectivity index (χ1n) is 10.5. The molecule has 9 heteroatoms. The van der Waals surface area contributed by atoms with Crippen LogP contribution in [0.4, 0.5) is 10.3 Å². The quantitative estimate of drug-likeness (QED) is 0.625. The van der Waals surface area contributed by atoms with Crippen molar-refractivity contribution in [2.24, 2.45) is 7.05 Å². The Morgan fingerprint density at radius 1 is 1.22 bits per heavy atom. The van der Waals surface area contributed by atoms with Crippen LogP contribution in [0.25, 0.3) is 11.1 Å². The monoisotopic (exact) mass is 436 g/mol. The van der Waals surface area contributed by atoms with Crippen molar-refractivity contribution < 1.29 is 9.18 Å². The van der Waals surface area contributed by atoms with E-state index in [1.807, 2.05) is 25.1 Å². The van der Waals surface area contributed by atoms with E-state index in [1.165, 1.54) is 31.3 Å². The van der Waals surface area contributed by atoms with Gasteiger partial charge in [0.25, 0.3) is 11.5 Å². The van der Waals surface area contributed by atoms with Crippen LogP contribution >= 0.6 is 0 Å². The smallest absolute Gasteiger partial charge is 0.274 e. The van der Waals surface area contributed by atoms with Crippen molar-refractivity contribution in [3.63, 3.8) is 0 Å². The van der Waals surface area contributed by atoms with Crippen LogP contribution < -0.4 is 10.5 Å². The normalized spacial score (nSPS) is 16.1. The molecule has 0 spiro atoms. The number of anilines is 1. The van der Waals surface area contributed by atoms with Crippen LogP contribution in [-0.4, -0.2) is 57.7 Å². The van der Waals surface area contributed by atoms with Gasteiger partial charge in [0, 0.05) is 58.0 Å². The number of halogens is 1. The minimum absolute atomic E-state index is 0.0415. The highest BCUT2D eigenvalue weighted by Gasteiger charge is 2.29. The van der Waals surface area contributed by atoms with E-state index in [9.17, 15) is 14.0 Å². The molecule has 0 radical (unpaired) electrons. The van der Waals surface area contributed by atoms with Crippen LogP contribution in [0.1, 0.15) is 34.9 Å². The summed E-state index contributed by atoms with van der Waals surface area (Å²) in [5.74, 6) is -0.0330. The number of likely N-dealkylation sites (tertiary alicyclic amines) is 1. The molecule has 8 nitrogen and oxygen atoms in total. The second-order valence-corrected chi connectivity index (χ2v) is 8.14. The topological polar surface area (TPSA) is 84.2 Å². The Balaban J connectivity index is 1.68. The number of nitrogens with zero attached hydrogens (tertiary/aromatic N) is 6. The Kier molecular flexibility index (Phi) is 5.98. The van der Waals surface area contributed by atoms with Crippen molar-refractivity contribution in [2.45, 2.75) is 18.8 Å². The highest BCUT2D eigenvalue weighted by atomic mass is 19.1. The average molecular weight is 436 g/mol. The van der Waals surface area contributed by atoms with E-state index >= 15 is 0 Å². The maximum absolute atomic E-state index is 13.9. The Labute approximate surface area is 185 Å². The minimum Gasteiger partial charge on any atom is -0.347 e. The zero-order valence-corrected chi connectivity index (χ0v) is 18.3. The lowest BCUT2D eigenvalue weighted by Crippen LogP contribution is -2.40. The molecule has 32 heavy (non-hydrogen) atoms. The minimum atomic E-state index is -0.327. The summed E-state index contributed by atoms with van der Waals surface area (Å²) < 4.78 is 15.1. The third-order valence-corrected chi connectivity index (χ3v) is 5.62. The van der Waals surface area contributed by atoms with E-state index in [1.54, 1.807) is 17.2 Å². The lowest BCUT2D eigenvalue weighted by molar-refractivity contribution is 0.0697. The molecule has 1 aromatic carbocycles. The third kappa shape index (κ3) is 4.37. The number of aromatic nitrogens is 4. The Hall–Kier alpha value is -3.62. The highest BCUT2D eigenvalue weighted by Crippen LogP contribution is 2.34. The molecule has 3 heterocycles. The van der Waals surface area contributed by atoms with Gasteiger partial charge in [-0.05, 0) is 36.6 Å².